The van der Waals surface area contributed by atoms with Gasteiger partial charge in [0.2, 0.25) is 0 Å². The van der Waals surface area contributed by atoms with Gasteiger partial charge in [0.1, 0.15) is 0 Å². The number of nitrogen functional groups attached to an aromatic ring is 2. The van der Waals surface area contributed by atoms with E-state index >= 15 is 0 Å². The minimum atomic E-state index is 0.0294. The molecule has 0 spiro atoms. The Morgan fingerprint density at radius 3 is 1.43 bits per heavy atom. The van der Waals surface area contributed by atoms with Crippen molar-refractivity contribution in [3.8, 4) is 20.0 Å². The van der Waals surface area contributed by atoms with E-state index < -0.39 is 0 Å². The standard InChI is InChI=1S/C17H14N2OSe/c18-13-5-1-11(2-6-13)16-9-15(20)10-17(21-16)12-3-7-14(19)8-4-12/h1-10H,18-19H2. The Bertz CT molecular complexity index is 754. The number of benzene rings is 2. The molecule has 0 aliphatic rings. The van der Waals surface area contributed by atoms with E-state index in [1.54, 1.807) is 12.1 Å². The Balaban J connectivity index is 2.10. The molecule has 104 valence electrons. The maximum atomic E-state index is 12.0. The summed E-state index contributed by atoms with van der Waals surface area (Å²) in [6.45, 7) is 0. The Labute approximate surface area is 128 Å². The molecule has 3 aromatic rings. The van der Waals surface area contributed by atoms with Crippen LogP contribution in [0.4, 0.5) is 11.4 Å². The van der Waals surface area contributed by atoms with Crippen LogP contribution >= 0.6 is 0 Å². The van der Waals surface area contributed by atoms with Crippen molar-refractivity contribution in [1.82, 2.24) is 0 Å². The van der Waals surface area contributed by atoms with Crippen LogP contribution in [0.1, 0.15) is 0 Å². The monoisotopic (exact) mass is 342 g/mol. The van der Waals surface area contributed by atoms with Crippen molar-refractivity contribution in [3.05, 3.63) is 70.9 Å². The third-order valence-corrected chi connectivity index (χ3v) is 5.56. The molecule has 4 N–H and O–H groups in total. The van der Waals surface area contributed by atoms with Crippen LogP contribution in [-0.2, 0) is 0 Å². The molecule has 0 bridgehead atoms. The quantitative estimate of drug-likeness (QED) is 0.556. The molecular formula is C17H14N2OSe. The van der Waals surface area contributed by atoms with Gasteiger partial charge in [0.05, 0.1) is 0 Å². The summed E-state index contributed by atoms with van der Waals surface area (Å²) in [5, 5.41) is 0. The summed E-state index contributed by atoms with van der Waals surface area (Å²) in [7, 11) is 0. The van der Waals surface area contributed by atoms with Crippen LogP contribution in [0, 0.1) is 0 Å². The van der Waals surface area contributed by atoms with E-state index in [-0.39, 0.29) is 19.9 Å². The van der Waals surface area contributed by atoms with E-state index in [4.69, 9.17) is 11.5 Å². The Hall–Kier alpha value is -2.29. The predicted molar refractivity (Wildman–Crippen MR) is 89.3 cm³/mol. The number of nitrogens with two attached hydrogens (primary N) is 2. The molecule has 0 amide bonds. The number of anilines is 2. The zero-order valence-corrected chi connectivity index (χ0v) is 13.0. The van der Waals surface area contributed by atoms with Gasteiger partial charge < -0.3 is 0 Å². The van der Waals surface area contributed by atoms with Crippen molar-refractivity contribution in [2.75, 3.05) is 11.5 Å². The van der Waals surface area contributed by atoms with E-state index in [2.05, 4.69) is 0 Å². The van der Waals surface area contributed by atoms with E-state index in [1.807, 2.05) is 48.5 Å². The third-order valence-electron chi connectivity index (χ3n) is 3.16. The SMILES string of the molecule is Nc1ccc(-c2cc(=O)cc(-c3ccc(N)cc3)[se]2)cc1. The molecule has 1 aromatic heterocycles. The van der Waals surface area contributed by atoms with E-state index in [1.165, 1.54) is 0 Å². The summed E-state index contributed by atoms with van der Waals surface area (Å²) in [6.07, 6.45) is 0. The van der Waals surface area contributed by atoms with Crippen LogP contribution in [-0.4, -0.2) is 14.5 Å². The van der Waals surface area contributed by atoms with Crippen molar-refractivity contribution in [1.29, 1.82) is 0 Å². The molecule has 2 aromatic carbocycles. The zero-order valence-electron chi connectivity index (χ0n) is 11.2. The summed E-state index contributed by atoms with van der Waals surface area (Å²) >= 11 is 0.0835. The average Bonchev–Trinajstić information content (AvgIpc) is 2.48. The molecular weight excluding hydrogens is 327 g/mol. The van der Waals surface area contributed by atoms with E-state index in [0.717, 1.165) is 31.4 Å². The van der Waals surface area contributed by atoms with E-state index in [0.29, 0.717) is 0 Å². The first-order valence-corrected chi connectivity index (χ1v) is 8.20. The van der Waals surface area contributed by atoms with Crippen LogP contribution in [0.5, 0.6) is 0 Å². The molecule has 0 saturated carbocycles. The molecule has 0 saturated heterocycles. The van der Waals surface area contributed by atoms with Gasteiger partial charge >= 0.3 is 128 Å². The van der Waals surface area contributed by atoms with Crippen molar-refractivity contribution >= 4 is 25.9 Å². The van der Waals surface area contributed by atoms with Gasteiger partial charge in [0, 0.05) is 0 Å². The Kier molecular flexibility index (Phi) is 3.65. The van der Waals surface area contributed by atoms with Gasteiger partial charge in [-0.2, -0.15) is 0 Å². The second kappa shape index (κ2) is 5.60. The molecule has 0 aliphatic carbocycles. The second-order valence-electron chi connectivity index (χ2n) is 4.77. The summed E-state index contributed by atoms with van der Waals surface area (Å²) in [6, 6.07) is 18.7. The van der Waals surface area contributed by atoms with Gasteiger partial charge in [-0.05, 0) is 0 Å². The van der Waals surface area contributed by atoms with Gasteiger partial charge in [-0.15, -0.1) is 0 Å². The summed E-state index contributed by atoms with van der Waals surface area (Å²) in [4.78, 5) is 12.0. The molecule has 3 nitrogen and oxygen atoms in total. The molecule has 0 fully saturated rings. The van der Waals surface area contributed by atoms with Gasteiger partial charge in [0.15, 0.2) is 0 Å². The molecule has 4 heteroatoms. The average molecular weight is 341 g/mol. The molecule has 21 heavy (non-hydrogen) atoms. The maximum absolute atomic E-state index is 12.0. The van der Waals surface area contributed by atoms with Crippen LogP contribution in [0.3, 0.4) is 0 Å². The predicted octanol–water partition coefficient (Wildman–Crippen LogP) is 2.60. The van der Waals surface area contributed by atoms with Gasteiger partial charge in [-0.3, -0.25) is 0 Å². The minimum absolute atomic E-state index is 0.0294. The molecule has 0 radical (unpaired) electrons. The Morgan fingerprint density at radius 2 is 1.05 bits per heavy atom. The van der Waals surface area contributed by atoms with Crippen LogP contribution < -0.4 is 16.9 Å². The summed E-state index contributed by atoms with van der Waals surface area (Å²) in [5.74, 6) is 0. The third kappa shape index (κ3) is 3.07. The summed E-state index contributed by atoms with van der Waals surface area (Å²) in [5.41, 5.74) is 15.0. The molecule has 0 unspecified atom stereocenters. The first-order valence-electron chi connectivity index (χ1n) is 6.49. The van der Waals surface area contributed by atoms with Crippen molar-refractivity contribution in [2.45, 2.75) is 0 Å². The molecule has 1 heterocycles. The first kappa shape index (κ1) is 13.7. The summed E-state index contributed by atoms with van der Waals surface area (Å²) < 4.78 is 2.14. The van der Waals surface area contributed by atoms with Gasteiger partial charge in [-0.1, -0.05) is 0 Å². The van der Waals surface area contributed by atoms with Gasteiger partial charge in [-0.25, -0.2) is 0 Å². The van der Waals surface area contributed by atoms with Crippen molar-refractivity contribution in [2.24, 2.45) is 0 Å². The van der Waals surface area contributed by atoms with E-state index in [9.17, 15) is 4.79 Å². The first-order chi connectivity index (χ1) is 10.1. The molecule has 0 atom stereocenters. The fourth-order valence-electron chi connectivity index (χ4n) is 2.06. The fourth-order valence-corrected chi connectivity index (χ4v) is 4.35. The number of rotatable bonds is 2. The topological polar surface area (TPSA) is 69.1 Å². The number of hydrogen-bond acceptors (Lipinski definition) is 3. The fraction of sp³-hybridized carbons (Fsp3) is 0. The van der Waals surface area contributed by atoms with Crippen LogP contribution in [0.2, 0.25) is 0 Å². The van der Waals surface area contributed by atoms with Crippen LogP contribution in [0.25, 0.3) is 20.0 Å². The van der Waals surface area contributed by atoms with Gasteiger partial charge in [0.25, 0.3) is 0 Å². The molecule has 3 rings (SSSR count). The number of hydrogen-bond donors (Lipinski definition) is 2. The van der Waals surface area contributed by atoms with Crippen LogP contribution in [0.15, 0.2) is 65.5 Å². The Morgan fingerprint density at radius 1 is 0.667 bits per heavy atom. The zero-order chi connectivity index (χ0) is 14.8. The normalized spacial score (nSPS) is 10.5. The molecule has 0 aliphatic heterocycles. The van der Waals surface area contributed by atoms with Crippen molar-refractivity contribution in [3.63, 3.8) is 0 Å². The van der Waals surface area contributed by atoms with Crippen molar-refractivity contribution < 1.29 is 0 Å². The second-order valence-corrected chi connectivity index (χ2v) is 7.04.